The average Bonchev–Trinajstić information content (AvgIpc) is 2.60. The molecule has 0 spiro atoms. The van der Waals surface area contributed by atoms with E-state index in [1.165, 1.54) is 6.07 Å². The van der Waals surface area contributed by atoms with Gasteiger partial charge in [0.15, 0.2) is 0 Å². The molecule has 3 rings (SSSR count). The van der Waals surface area contributed by atoms with Gasteiger partial charge in [0.05, 0.1) is 11.7 Å². The Hall–Kier alpha value is -3.08. The molecule has 1 aromatic heterocycles. The first-order valence-electron chi connectivity index (χ1n) is 8.48. The van der Waals surface area contributed by atoms with Crippen molar-refractivity contribution in [3.8, 4) is 5.75 Å². The molecule has 5 heteroatoms. The number of nitrogens with zero attached hydrogens (tertiary/aromatic N) is 1. The fourth-order valence-electron chi connectivity index (χ4n) is 2.80. The van der Waals surface area contributed by atoms with Crippen LogP contribution < -0.4 is 10.4 Å². The number of amides is 1. The summed E-state index contributed by atoms with van der Waals surface area (Å²) in [7, 11) is 1.71. The predicted molar refractivity (Wildman–Crippen MR) is 100 cm³/mol. The molecule has 0 fully saturated rings. The van der Waals surface area contributed by atoms with Crippen molar-refractivity contribution in [2.45, 2.75) is 26.5 Å². The SMILES string of the molecule is CC(C)Oc1ccc2c(C(=O)N(C)Cc3ccccc3)cc(=O)oc2c1. The molecule has 0 aliphatic heterocycles. The molecule has 0 aliphatic rings. The van der Waals surface area contributed by atoms with Crippen LogP contribution in [0.15, 0.2) is 63.8 Å². The van der Waals surface area contributed by atoms with Gasteiger partial charge in [0.25, 0.3) is 5.91 Å². The van der Waals surface area contributed by atoms with E-state index in [1.54, 1.807) is 30.1 Å². The Morgan fingerprint density at radius 1 is 1.12 bits per heavy atom. The van der Waals surface area contributed by atoms with Crippen LogP contribution in [-0.2, 0) is 6.54 Å². The van der Waals surface area contributed by atoms with E-state index >= 15 is 0 Å². The molecule has 0 atom stereocenters. The minimum Gasteiger partial charge on any atom is -0.491 e. The lowest BCUT2D eigenvalue weighted by molar-refractivity contribution is 0.0786. The summed E-state index contributed by atoms with van der Waals surface area (Å²) in [6.45, 7) is 4.29. The summed E-state index contributed by atoms with van der Waals surface area (Å²) in [5.41, 5.74) is 1.12. The Balaban J connectivity index is 1.95. The smallest absolute Gasteiger partial charge is 0.337 e. The Bertz CT molecular complexity index is 976. The van der Waals surface area contributed by atoms with Crippen LogP contribution >= 0.6 is 0 Å². The molecule has 0 saturated carbocycles. The van der Waals surface area contributed by atoms with Crippen LogP contribution in [0.4, 0.5) is 0 Å². The lowest BCUT2D eigenvalue weighted by atomic mass is 10.1. The van der Waals surface area contributed by atoms with Crippen LogP contribution in [0.3, 0.4) is 0 Å². The Kier molecular flexibility index (Phi) is 5.07. The zero-order chi connectivity index (χ0) is 18.7. The summed E-state index contributed by atoms with van der Waals surface area (Å²) >= 11 is 0. The van der Waals surface area contributed by atoms with E-state index in [9.17, 15) is 9.59 Å². The number of hydrogen-bond donors (Lipinski definition) is 0. The highest BCUT2D eigenvalue weighted by Gasteiger charge is 2.18. The van der Waals surface area contributed by atoms with Crippen molar-refractivity contribution in [3.63, 3.8) is 0 Å². The topological polar surface area (TPSA) is 59.8 Å². The standard InChI is InChI=1S/C21H21NO4/c1-14(2)25-16-9-10-17-18(12-20(23)26-19(17)11-16)21(24)22(3)13-15-7-5-4-6-8-15/h4-12,14H,13H2,1-3H3. The van der Waals surface area contributed by atoms with Gasteiger partial charge in [-0.1, -0.05) is 30.3 Å². The van der Waals surface area contributed by atoms with E-state index in [4.69, 9.17) is 9.15 Å². The summed E-state index contributed by atoms with van der Waals surface area (Å²) in [5, 5.41) is 0.589. The van der Waals surface area contributed by atoms with Gasteiger partial charge in [-0.3, -0.25) is 4.79 Å². The van der Waals surface area contributed by atoms with Crippen molar-refractivity contribution in [3.05, 3.63) is 76.1 Å². The van der Waals surface area contributed by atoms with Crippen LogP contribution in [-0.4, -0.2) is 24.0 Å². The number of fused-ring (bicyclic) bond motifs is 1. The molecular weight excluding hydrogens is 330 g/mol. The van der Waals surface area contributed by atoms with Gasteiger partial charge in [0.1, 0.15) is 11.3 Å². The third-order valence-electron chi connectivity index (χ3n) is 3.93. The van der Waals surface area contributed by atoms with E-state index in [0.717, 1.165) is 5.56 Å². The molecule has 0 N–H and O–H groups in total. The van der Waals surface area contributed by atoms with Crippen LogP contribution in [0.1, 0.15) is 29.8 Å². The first-order valence-corrected chi connectivity index (χ1v) is 8.48. The molecule has 134 valence electrons. The minimum absolute atomic E-state index is 0.000919. The molecule has 0 unspecified atom stereocenters. The Labute approximate surface area is 151 Å². The van der Waals surface area contributed by atoms with E-state index in [0.29, 0.717) is 28.8 Å². The summed E-state index contributed by atoms with van der Waals surface area (Å²) in [6, 6.07) is 16.1. The molecule has 26 heavy (non-hydrogen) atoms. The van der Waals surface area contributed by atoms with Crippen LogP contribution in [0.25, 0.3) is 11.0 Å². The maximum atomic E-state index is 12.9. The molecule has 2 aromatic carbocycles. The average molecular weight is 351 g/mol. The van der Waals surface area contributed by atoms with Crippen molar-refractivity contribution < 1.29 is 13.9 Å². The van der Waals surface area contributed by atoms with Crippen LogP contribution in [0, 0.1) is 0 Å². The van der Waals surface area contributed by atoms with Gasteiger partial charge in [-0.15, -0.1) is 0 Å². The maximum Gasteiger partial charge on any atom is 0.337 e. The fraction of sp³-hybridized carbons (Fsp3) is 0.238. The number of benzene rings is 2. The quantitative estimate of drug-likeness (QED) is 0.655. The van der Waals surface area contributed by atoms with Crippen LogP contribution in [0.2, 0.25) is 0 Å². The summed E-state index contributed by atoms with van der Waals surface area (Å²) in [5.74, 6) is 0.363. The summed E-state index contributed by atoms with van der Waals surface area (Å²) in [6.07, 6.45) is 0.000919. The molecule has 0 saturated heterocycles. The van der Waals surface area contributed by atoms with Crippen molar-refractivity contribution in [1.82, 2.24) is 4.90 Å². The molecule has 0 bridgehead atoms. The zero-order valence-electron chi connectivity index (χ0n) is 15.1. The lowest BCUT2D eigenvalue weighted by Crippen LogP contribution is -2.27. The number of ether oxygens (including phenoxy) is 1. The second-order valence-electron chi connectivity index (χ2n) is 6.45. The van der Waals surface area contributed by atoms with E-state index in [1.807, 2.05) is 44.2 Å². The number of carbonyl (C=O) groups is 1. The van der Waals surface area contributed by atoms with E-state index in [2.05, 4.69) is 0 Å². The third-order valence-corrected chi connectivity index (χ3v) is 3.93. The predicted octanol–water partition coefficient (Wildman–Crippen LogP) is 3.85. The number of carbonyl (C=O) groups excluding carboxylic acids is 1. The normalized spacial score (nSPS) is 10.9. The van der Waals surface area contributed by atoms with Crippen LogP contribution in [0.5, 0.6) is 5.75 Å². The van der Waals surface area contributed by atoms with E-state index in [-0.39, 0.29) is 12.0 Å². The monoisotopic (exact) mass is 351 g/mol. The van der Waals surface area contributed by atoms with Crippen molar-refractivity contribution >= 4 is 16.9 Å². The fourth-order valence-corrected chi connectivity index (χ4v) is 2.80. The number of hydrogen-bond acceptors (Lipinski definition) is 4. The Morgan fingerprint density at radius 2 is 1.85 bits per heavy atom. The van der Waals surface area contributed by atoms with Gasteiger partial charge in [-0.05, 0) is 31.5 Å². The molecule has 1 heterocycles. The van der Waals surface area contributed by atoms with Crippen molar-refractivity contribution in [2.75, 3.05) is 7.05 Å². The highest BCUT2D eigenvalue weighted by Crippen LogP contribution is 2.24. The molecule has 1 amide bonds. The molecule has 0 aliphatic carbocycles. The highest BCUT2D eigenvalue weighted by atomic mass is 16.5. The van der Waals surface area contributed by atoms with Gasteiger partial charge in [-0.25, -0.2) is 4.79 Å². The zero-order valence-corrected chi connectivity index (χ0v) is 15.1. The van der Waals surface area contributed by atoms with Crippen molar-refractivity contribution in [1.29, 1.82) is 0 Å². The second kappa shape index (κ2) is 7.44. The van der Waals surface area contributed by atoms with Gasteiger partial charge >= 0.3 is 5.63 Å². The first kappa shape index (κ1) is 17.7. The van der Waals surface area contributed by atoms with Gasteiger partial charge in [0, 0.05) is 31.1 Å². The van der Waals surface area contributed by atoms with Gasteiger partial charge < -0.3 is 14.1 Å². The summed E-state index contributed by atoms with van der Waals surface area (Å²) < 4.78 is 10.9. The van der Waals surface area contributed by atoms with Crippen molar-refractivity contribution in [2.24, 2.45) is 0 Å². The largest absolute Gasteiger partial charge is 0.491 e. The molecule has 5 nitrogen and oxygen atoms in total. The van der Waals surface area contributed by atoms with E-state index < -0.39 is 5.63 Å². The molecular formula is C21H21NO4. The third kappa shape index (κ3) is 3.94. The Morgan fingerprint density at radius 3 is 2.54 bits per heavy atom. The highest BCUT2D eigenvalue weighted by molar-refractivity contribution is 6.05. The summed E-state index contributed by atoms with van der Waals surface area (Å²) in [4.78, 5) is 26.4. The van der Waals surface area contributed by atoms with Gasteiger partial charge in [0.2, 0.25) is 0 Å². The maximum absolute atomic E-state index is 12.9. The minimum atomic E-state index is -0.560. The molecule has 3 aromatic rings. The first-order chi connectivity index (χ1) is 12.4. The van der Waals surface area contributed by atoms with Gasteiger partial charge in [-0.2, -0.15) is 0 Å². The number of rotatable bonds is 5. The molecule has 0 radical (unpaired) electrons. The second-order valence-corrected chi connectivity index (χ2v) is 6.45. The lowest BCUT2D eigenvalue weighted by Gasteiger charge is -2.18.